The van der Waals surface area contributed by atoms with Crippen molar-refractivity contribution in [3.05, 3.63) is 35.9 Å². The molecule has 0 atom stereocenters. The zero-order chi connectivity index (χ0) is 17.5. The van der Waals surface area contributed by atoms with Crippen molar-refractivity contribution in [1.29, 1.82) is 0 Å². The van der Waals surface area contributed by atoms with Crippen LogP contribution in [-0.4, -0.2) is 47.1 Å². The number of carbonyl (C=O) groups excluding carboxylic acids is 1. The second-order valence-corrected chi connectivity index (χ2v) is 5.28. The molecule has 0 saturated carbocycles. The van der Waals surface area contributed by atoms with E-state index in [9.17, 15) is 18.4 Å². The molecule has 2 rings (SSSR count). The maximum absolute atomic E-state index is 12.0. The van der Waals surface area contributed by atoms with E-state index >= 15 is 0 Å². The van der Waals surface area contributed by atoms with Crippen molar-refractivity contribution in [3.63, 3.8) is 0 Å². The van der Waals surface area contributed by atoms with E-state index < -0.39 is 23.1 Å². The Balaban J connectivity index is 0.000000277. The number of halogens is 2. The van der Waals surface area contributed by atoms with Gasteiger partial charge in [0.05, 0.1) is 5.54 Å². The molecule has 2 N–H and O–H groups in total. The van der Waals surface area contributed by atoms with E-state index in [4.69, 9.17) is 5.11 Å². The van der Waals surface area contributed by atoms with Crippen molar-refractivity contribution in [1.82, 2.24) is 10.2 Å². The third-order valence-corrected chi connectivity index (χ3v) is 3.86. The number of hydrogen-bond acceptors (Lipinski definition) is 3. The predicted octanol–water partition coefficient (Wildman–Crippen LogP) is 2.03. The quantitative estimate of drug-likeness (QED) is 0.887. The maximum atomic E-state index is 12.0. The van der Waals surface area contributed by atoms with Crippen LogP contribution in [0.2, 0.25) is 0 Å². The summed E-state index contributed by atoms with van der Waals surface area (Å²) in [6.45, 7) is 4.84. The molecule has 1 aliphatic rings. The number of hydrogen-bond donors (Lipinski definition) is 2. The second kappa shape index (κ2) is 8.57. The van der Waals surface area contributed by atoms with Crippen LogP contribution >= 0.6 is 0 Å². The number of benzene rings is 1. The molecular weight excluding hydrogens is 306 g/mol. The zero-order valence-electron chi connectivity index (χ0n) is 13.3. The minimum Gasteiger partial charge on any atom is -0.480 e. The van der Waals surface area contributed by atoms with Gasteiger partial charge < -0.3 is 15.3 Å². The number of amides is 1. The molecule has 1 fully saturated rings. The average Bonchev–Trinajstić information content (AvgIpc) is 2.50. The van der Waals surface area contributed by atoms with Crippen molar-refractivity contribution in [3.8, 4) is 0 Å². The number of aliphatic carboxylic acids is 1. The number of nitrogens with zero attached hydrogens (tertiary/aromatic N) is 1. The number of carboxylic acid groups (broad SMARTS) is 1. The Morgan fingerprint density at radius 1 is 1.30 bits per heavy atom. The summed E-state index contributed by atoms with van der Waals surface area (Å²) in [4.78, 5) is 24.1. The normalized spacial score (nSPS) is 16.5. The molecule has 0 aromatic heterocycles. The lowest BCUT2D eigenvalue weighted by atomic mass is 9.89. The molecule has 0 unspecified atom stereocenters. The highest BCUT2D eigenvalue weighted by Gasteiger charge is 2.41. The first-order chi connectivity index (χ1) is 10.8. The fraction of sp³-hybridized carbons (Fsp3) is 0.500. The monoisotopic (exact) mass is 328 g/mol. The van der Waals surface area contributed by atoms with E-state index in [1.165, 1.54) is 23.1 Å². The van der Waals surface area contributed by atoms with Gasteiger partial charge in [0, 0.05) is 19.2 Å². The molecule has 0 spiro atoms. The Morgan fingerprint density at radius 2 is 1.87 bits per heavy atom. The Bertz CT molecular complexity index is 531. The number of rotatable bonds is 4. The van der Waals surface area contributed by atoms with Gasteiger partial charge in [0.2, 0.25) is 5.91 Å². The highest BCUT2D eigenvalue weighted by molar-refractivity contribution is 5.89. The van der Waals surface area contributed by atoms with Gasteiger partial charge in [-0.3, -0.25) is 9.59 Å². The molecule has 0 aliphatic carbocycles. The van der Waals surface area contributed by atoms with Crippen LogP contribution in [0.4, 0.5) is 8.78 Å². The van der Waals surface area contributed by atoms with Crippen molar-refractivity contribution < 1.29 is 23.5 Å². The minimum atomic E-state index is -0.952. The summed E-state index contributed by atoms with van der Waals surface area (Å²) in [5.41, 5.74) is -0.548. The minimum absolute atomic E-state index is 0.0823. The highest BCUT2D eigenvalue weighted by Crippen LogP contribution is 2.21. The van der Waals surface area contributed by atoms with E-state index in [-0.39, 0.29) is 12.5 Å². The van der Waals surface area contributed by atoms with Gasteiger partial charge in [-0.05, 0) is 25.0 Å². The number of nitrogens with one attached hydrogen (secondary N) is 1. The third kappa shape index (κ3) is 5.28. The summed E-state index contributed by atoms with van der Waals surface area (Å²) in [6, 6.07) is 4.55. The third-order valence-electron chi connectivity index (χ3n) is 3.86. The number of carboxylic acids is 1. The van der Waals surface area contributed by atoms with Crippen LogP contribution in [0.25, 0.3) is 0 Å². The zero-order valence-corrected chi connectivity index (χ0v) is 13.3. The molecule has 0 bridgehead atoms. The number of carbonyl (C=O) groups is 2. The van der Waals surface area contributed by atoms with E-state index in [1.54, 1.807) is 0 Å². The summed E-state index contributed by atoms with van der Waals surface area (Å²) in [5.74, 6) is -2.11. The summed E-state index contributed by atoms with van der Waals surface area (Å²) < 4.78 is 23.9. The smallest absolute Gasteiger partial charge is 0.323 e. The Kier molecular flexibility index (Phi) is 7.09. The molecule has 1 heterocycles. The Labute approximate surface area is 134 Å². The fourth-order valence-electron chi connectivity index (χ4n) is 2.49. The molecule has 7 heteroatoms. The first kappa shape index (κ1) is 19.0. The van der Waals surface area contributed by atoms with Gasteiger partial charge in [-0.1, -0.05) is 19.9 Å². The van der Waals surface area contributed by atoms with Gasteiger partial charge in [0.15, 0.2) is 0 Å². The van der Waals surface area contributed by atoms with Gasteiger partial charge in [-0.25, -0.2) is 8.78 Å². The summed E-state index contributed by atoms with van der Waals surface area (Å²) in [7, 11) is 0. The van der Waals surface area contributed by atoms with Crippen molar-refractivity contribution >= 4 is 11.9 Å². The van der Waals surface area contributed by atoms with Gasteiger partial charge in [-0.15, -0.1) is 0 Å². The van der Waals surface area contributed by atoms with Crippen LogP contribution in [-0.2, 0) is 9.59 Å². The lowest BCUT2D eigenvalue weighted by Crippen LogP contribution is -2.64. The van der Waals surface area contributed by atoms with Crippen molar-refractivity contribution in [2.45, 2.75) is 32.2 Å². The fourth-order valence-corrected chi connectivity index (χ4v) is 2.49. The van der Waals surface area contributed by atoms with Crippen LogP contribution < -0.4 is 5.32 Å². The SMILES string of the molecule is CCC1(CC)NCCN(CC(=O)O)C1=O.Fc1cccc(F)c1. The van der Waals surface area contributed by atoms with E-state index in [1.807, 2.05) is 13.8 Å². The van der Waals surface area contributed by atoms with E-state index in [0.717, 1.165) is 6.07 Å². The summed E-state index contributed by atoms with van der Waals surface area (Å²) in [6.07, 6.45) is 1.39. The maximum Gasteiger partial charge on any atom is 0.323 e. The molecule has 23 heavy (non-hydrogen) atoms. The van der Waals surface area contributed by atoms with Crippen molar-refractivity contribution in [2.24, 2.45) is 0 Å². The standard InChI is InChI=1S/C10H18N2O3.C6H4F2/c1-3-10(4-2)9(15)12(6-5-11-10)7-8(13)14;7-5-2-1-3-6(8)4-5/h11H,3-7H2,1-2H3,(H,13,14);1-4H. The van der Waals surface area contributed by atoms with Crippen molar-refractivity contribution in [2.75, 3.05) is 19.6 Å². The van der Waals surface area contributed by atoms with Crippen LogP contribution in [0.3, 0.4) is 0 Å². The van der Waals surface area contributed by atoms with Gasteiger partial charge >= 0.3 is 5.97 Å². The topological polar surface area (TPSA) is 69.6 Å². The lowest BCUT2D eigenvalue weighted by Gasteiger charge is -2.41. The Morgan fingerprint density at radius 3 is 2.26 bits per heavy atom. The van der Waals surface area contributed by atoms with E-state index in [0.29, 0.717) is 25.9 Å². The Hall–Kier alpha value is -2.02. The molecule has 1 aromatic rings. The number of piperazine rings is 1. The second-order valence-electron chi connectivity index (χ2n) is 5.28. The van der Waals surface area contributed by atoms with E-state index in [2.05, 4.69) is 5.32 Å². The molecule has 1 saturated heterocycles. The van der Waals surface area contributed by atoms with Gasteiger partial charge in [0.1, 0.15) is 18.2 Å². The molecule has 128 valence electrons. The van der Waals surface area contributed by atoms with Crippen LogP contribution in [0.15, 0.2) is 24.3 Å². The summed E-state index contributed by atoms with van der Waals surface area (Å²) >= 11 is 0. The average molecular weight is 328 g/mol. The highest BCUT2D eigenvalue weighted by atomic mass is 19.1. The first-order valence-corrected chi connectivity index (χ1v) is 7.52. The van der Waals surface area contributed by atoms with Crippen LogP contribution in [0.1, 0.15) is 26.7 Å². The molecule has 0 radical (unpaired) electrons. The molecular formula is C16H22F2N2O3. The molecule has 1 aromatic carbocycles. The largest absolute Gasteiger partial charge is 0.480 e. The molecule has 1 aliphatic heterocycles. The van der Waals surface area contributed by atoms with Crippen LogP contribution in [0.5, 0.6) is 0 Å². The van der Waals surface area contributed by atoms with Gasteiger partial charge in [-0.2, -0.15) is 0 Å². The van der Waals surface area contributed by atoms with Gasteiger partial charge in [0.25, 0.3) is 0 Å². The predicted molar refractivity (Wildman–Crippen MR) is 81.9 cm³/mol. The molecule has 1 amide bonds. The summed E-state index contributed by atoms with van der Waals surface area (Å²) in [5, 5.41) is 11.9. The first-order valence-electron chi connectivity index (χ1n) is 7.52. The van der Waals surface area contributed by atoms with Crippen LogP contribution in [0, 0.1) is 11.6 Å². The molecule has 5 nitrogen and oxygen atoms in total. The lowest BCUT2D eigenvalue weighted by molar-refractivity contribution is -0.150.